The molecule has 0 saturated heterocycles. The van der Waals surface area contributed by atoms with Crippen LogP contribution in [0.2, 0.25) is 0 Å². The number of hydrogen-bond donors (Lipinski definition) is 0. The first kappa shape index (κ1) is 17.3. The normalized spacial score (nSPS) is 13.5. The first-order chi connectivity index (χ1) is 11.2. The Morgan fingerprint density at radius 3 is 2.74 bits per heavy atom. The van der Waals surface area contributed by atoms with Gasteiger partial charge in [-0.15, -0.1) is 0 Å². The number of amides is 1. The molecule has 0 aromatic heterocycles. The quantitative estimate of drug-likeness (QED) is 0.515. The highest BCUT2D eigenvalue weighted by molar-refractivity contribution is 5.99. The van der Waals surface area contributed by atoms with E-state index in [1.165, 1.54) is 0 Å². The highest BCUT2D eigenvalue weighted by Gasteiger charge is 2.28. The summed E-state index contributed by atoms with van der Waals surface area (Å²) in [7, 11) is 0. The maximum Gasteiger partial charge on any atom is 0.265 e. The third kappa shape index (κ3) is 4.24. The third-order valence-corrected chi connectivity index (χ3v) is 3.82. The van der Waals surface area contributed by atoms with Gasteiger partial charge in [-0.1, -0.05) is 33.1 Å². The standard InChI is InChI=1S/C18H25NO4/c1-3-5-6-7-8-19-15-10-14(12-20)11-16(22-9-4-2)18(15)23-13-17(19)21/h10-12H,3-9,13H2,1-2H3. The Bertz CT molecular complexity index is 556. The molecule has 0 N–H and O–H groups in total. The lowest BCUT2D eigenvalue weighted by molar-refractivity contribution is -0.121. The number of anilines is 1. The molecule has 1 amide bonds. The number of benzene rings is 1. The molecule has 0 bridgehead atoms. The van der Waals surface area contributed by atoms with Crippen molar-refractivity contribution in [3.63, 3.8) is 0 Å². The smallest absolute Gasteiger partial charge is 0.265 e. The lowest BCUT2D eigenvalue weighted by Crippen LogP contribution is -2.39. The van der Waals surface area contributed by atoms with Gasteiger partial charge in [0.2, 0.25) is 0 Å². The first-order valence-corrected chi connectivity index (χ1v) is 8.40. The van der Waals surface area contributed by atoms with E-state index in [1.54, 1.807) is 17.0 Å². The molecular formula is C18H25NO4. The van der Waals surface area contributed by atoms with E-state index in [9.17, 15) is 9.59 Å². The van der Waals surface area contributed by atoms with Crippen molar-refractivity contribution in [3.05, 3.63) is 17.7 Å². The Balaban J connectivity index is 2.27. The molecule has 0 saturated carbocycles. The summed E-state index contributed by atoms with van der Waals surface area (Å²) in [5, 5.41) is 0. The Hall–Kier alpha value is -2.04. The van der Waals surface area contributed by atoms with Crippen LogP contribution in [0.25, 0.3) is 0 Å². The zero-order valence-corrected chi connectivity index (χ0v) is 14.0. The number of unbranched alkanes of at least 4 members (excludes halogenated alkanes) is 3. The lowest BCUT2D eigenvalue weighted by Gasteiger charge is -2.30. The van der Waals surface area contributed by atoms with Crippen LogP contribution in [0.15, 0.2) is 12.1 Å². The van der Waals surface area contributed by atoms with Gasteiger partial charge in [0.1, 0.15) is 6.29 Å². The van der Waals surface area contributed by atoms with Gasteiger partial charge in [0, 0.05) is 12.1 Å². The highest BCUT2D eigenvalue weighted by Crippen LogP contribution is 2.41. The van der Waals surface area contributed by atoms with Gasteiger partial charge in [0.15, 0.2) is 18.1 Å². The van der Waals surface area contributed by atoms with Crippen molar-refractivity contribution in [2.45, 2.75) is 46.0 Å². The average Bonchev–Trinajstić information content (AvgIpc) is 2.57. The molecule has 1 aliphatic rings. The molecule has 0 atom stereocenters. The number of aldehydes is 1. The van der Waals surface area contributed by atoms with Gasteiger partial charge < -0.3 is 14.4 Å². The Labute approximate surface area is 137 Å². The molecule has 0 fully saturated rings. The van der Waals surface area contributed by atoms with E-state index in [1.807, 2.05) is 6.92 Å². The second-order valence-corrected chi connectivity index (χ2v) is 5.73. The molecule has 126 valence electrons. The van der Waals surface area contributed by atoms with Crippen molar-refractivity contribution in [1.29, 1.82) is 0 Å². The van der Waals surface area contributed by atoms with Crippen LogP contribution in [0.4, 0.5) is 5.69 Å². The SMILES string of the molecule is CCCCCCN1C(=O)COc2c(OCCC)cc(C=O)cc21. The van der Waals surface area contributed by atoms with Gasteiger partial charge in [-0.05, 0) is 25.0 Å². The molecule has 0 spiro atoms. The summed E-state index contributed by atoms with van der Waals surface area (Å²) >= 11 is 0. The minimum Gasteiger partial charge on any atom is -0.490 e. The minimum atomic E-state index is -0.0708. The van der Waals surface area contributed by atoms with Gasteiger partial charge in [-0.25, -0.2) is 0 Å². The number of nitrogens with zero attached hydrogens (tertiary/aromatic N) is 1. The van der Waals surface area contributed by atoms with Gasteiger partial charge in [-0.2, -0.15) is 0 Å². The molecule has 1 aliphatic heterocycles. The molecule has 5 heteroatoms. The highest BCUT2D eigenvalue weighted by atomic mass is 16.5. The maximum atomic E-state index is 12.2. The van der Waals surface area contributed by atoms with Crippen molar-refractivity contribution < 1.29 is 19.1 Å². The van der Waals surface area contributed by atoms with E-state index in [0.717, 1.165) is 38.4 Å². The predicted molar refractivity (Wildman–Crippen MR) is 89.6 cm³/mol. The molecular weight excluding hydrogens is 294 g/mol. The van der Waals surface area contributed by atoms with Crippen LogP contribution in [-0.2, 0) is 4.79 Å². The number of ether oxygens (including phenoxy) is 2. The van der Waals surface area contributed by atoms with Crippen molar-refractivity contribution in [3.8, 4) is 11.5 Å². The van der Waals surface area contributed by atoms with Gasteiger partial charge in [-0.3, -0.25) is 9.59 Å². The summed E-state index contributed by atoms with van der Waals surface area (Å²) in [6.07, 6.45) is 5.97. The summed E-state index contributed by atoms with van der Waals surface area (Å²) in [6, 6.07) is 3.38. The van der Waals surface area contributed by atoms with E-state index in [-0.39, 0.29) is 12.5 Å². The Kier molecular flexibility index (Phi) is 6.44. The number of fused-ring (bicyclic) bond motifs is 1. The summed E-state index contributed by atoms with van der Waals surface area (Å²) in [5.41, 5.74) is 1.14. The first-order valence-electron chi connectivity index (χ1n) is 8.40. The summed E-state index contributed by atoms with van der Waals surface area (Å²) in [6.45, 7) is 5.38. The van der Waals surface area contributed by atoms with Gasteiger partial charge in [0.25, 0.3) is 5.91 Å². The monoisotopic (exact) mass is 319 g/mol. The van der Waals surface area contributed by atoms with Crippen molar-refractivity contribution in [1.82, 2.24) is 0 Å². The van der Waals surface area contributed by atoms with Crippen LogP contribution < -0.4 is 14.4 Å². The zero-order chi connectivity index (χ0) is 16.7. The molecule has 0 radical (unpaired) electrons. The number of hydrogen-bond acceptors (Lipinski definition) is 4. The van der Waals surface area contributed by atoms with Crippen molar-refractivity contribution in [2.75, 3.05) is 24.7 Å². The Morgan fingerprint density at radius 1 is 1.22 bits per heavy atom. The molecule has 23 heavy (non-hydrogen) atoms. The van der Waals surface area contributed by atoms with Crippen LogP contribution in [0.3, 0.4) is 0 Å². The second kappa shape index (κ2) is 8.56. The maximum absolute atomic E-state index is 12.2. The largest absolute Gasteiger partial charge is 0.490 e. The van der Waals surface area contributed by atoms with Gasteiger partial charge >= 0.3 is 0 Å². The van der Waals surface area contributed by atoms with Crippen LogP contribution >= 0.6 is 0 Å². The number of carbonyl (C=O) groups is 2. The van der Waals surface area contributed by atoms with E-state index in [0.29, 0.717) is 35.9 Å². The topological polar surface area (TPSA) is 55.8 Å². The summed E-state index contributed by atoms with van der Waals surface area (Å²) < 4.78 is 11.3. The van der Waals surface area contributed by atoms with Crippen molar-refractivity contribution in [2.24, 2.45) is 0 Å². The molecule has 0 aliphatic carbocycles. The molecule has 1 heterocycles. The second-order valence-electron chi connectivity index (χ2n) is 5.73. The molecule has 0 unspecified atom stereocenters. The fourth-order valence-electron chi connectivity index (χ4n) is 2.63. The molecule has 2 rings (SSSR count). The average molecular weight is 319 g/mol. The third-order valence-electron chi connectivity index (χ3n) is 3.82. The molecule has 1 aromatic carbocycles. The summed E-state index contributed by atoms with van der Waals surface area (Å²) in [5.74, 6) is 1.04. The van der Waals surface area contributed by atoms with E-state index >= 15 is 0 Å². The Morgan fingerprint density at radius 2 is 2.04 bits per heavy atom. The van der Waals surface area contributed by atoms with Crippen molar-refractivity contribution >= 4 is 17.9 Å². The van der Waals surface area contributed by atoms with Crippen LogP contribution in [0.1, 0.15) is 56.3 Å². The fraction of sp³-hybridized carbons (Fsp3) is 0.556. The molecule has 5 nitrogen and oxygen atoms in total. The number of carbonyl (C=O) groups excluding carboxylic acids is 2. The summed E-state index contributed by atoms with van der Waals surface area (Å²) in [4.78, 5) is 25.1. The minimum absolute atomic E-state index is 0.0176. The van der Waals surface area contributed by atoms with Crippen LogP contribution in [-0.4, -0.2) is 32.0 Å². The fourth-order valence-corrected chi connectivity index (χ4v) is 2.63. The van der Waals surface area contributed by atoms with E-state index in [2.05, 4.69) is 6.92 Å². The zero-order valence-electron chi connectivity index (χ0n) is 14.0. The molecule has 1 aromatic rings. The lowest BCUT2D eigenvalue weighted by atomic mass is 10.1. The van der Waals surface area contributed by atoms with E-state index in [4.69, 9.17) is 9.47 Å². The predicted octanol–water partition coefficient (Wildman–Crippen LogP) is 3.59. The van der Waals surface area contributed by atoms with E-state index < -0.39 is 0 Å². The van der Waals surface area contributed by atoms with Gasteiger partial charge in [0.05, 0.1) is 12.3 Å². The van der Waals surface area contributed by atoms with Crippen LogP contribution in [0, 0.1) is 0 Å². The van der Waals surface area contributed by atoms with Crippen LogP contribution in [0.5, 0.6) is 11.5 Å². The number of rotatable bonds is 9.